The van der Waals surface area contributed by atoms with Crippen LogP contribution in [0, 0.1) is 0 Å². The number of hydrogen-bond acceptors (Lipinski definition) is 5. The molecule has 1 unspecified atom stereocenters. The first-order chi connectivity index (χ1) is 13.9. The van der Waals surface area contributed by atoms with Crippen LogP contribution in [0.4, 0.5) is 5.69 Å². The van der Waals surface area contributed by atoms with Gasteiger partial charge in [-0.3, -0.25) is 9.52 Å². The molecule has 0 aromatic heterocycles. The van der Waals surface area contributed by atoms with Crippen molar-refractivity contribution in [2.45, 2.75) is 30.3 Å². The highest BCUT2D eigenvalue weighted by molar-refractivity contribution is 9.10. The zero-order chi connectivity index (χ0) is 20.9. The lowest BCUT2D eigenvalue weighted by molar-refractivity contribution is 0.0907. The lowest BCUT2D eigenvalue weighted by atomic mass is 10.1. The molecule has 1 amide bonds. The summed E-state index contributed by atoms with van der Waals surface area (Å²) in [5.74, 6) is -0.184. The standard InChI is InChI=1S/C20H23BrN2O5S/c1-27-18-9-4-14(20(24)22-11-10-17-3-2-12-28-17)13-19(18)29(25,26)23-16-7-5-15(21)6-8-16/h4-9,13,17,23H,2-3,10-12H2,1H3,(H,22,24). The first-order valence-electron chi connectivity index (χ1n) is 9.25. The molecule has 0 radical (unpaired) electrons. The fourth-order valence-corrected chi connectivity index (χ4v) is 4.60. The number of sulfonamides is 1. The fraction of sp³-hybridized carbons (Fsp3) is 0.350. The first-order valence-corrected chi connectivity index (χ1v) is 11.5. The molecule has 7 nitrogen and oxygen atoms in total. The number of halogens is 1. The summed E-state index contributed by atoms with van der Waals surface area (Å²) in [7, 11) is -2.56. The monoisotopic (exact) mass is 482 g/mol. The lowest BCUT2D eigenvalue weighted by Gasteiger charge is -2.14. The summed E-state index contributed by atoms with van der Waals surface area (Å²) in [6, 6.07) is 11.1. The van der Waals surface area contributed by atoms with Crippen LogP contribution in [0.25, 0.3) is 0 Å². The van der Waals surface area contributed by atoms with Crippen molar-refractivity contribution in [3.05, 3.63) is 52.5 Å². The SMILES string of the molecule is COc1ccc(C(=O)NCCC2CCCO2)cc1S(=O)(=O)Nc1ccc(Br)cc1. The van der Waals surface area contributed by atoms with Gasteiger partial charge in [-0.2, -0.15) is 0 Å². The van der Waals surface area contributed by atoms with Gasteiger partial charge in [0.25, 0.3) is 15.9 Å². The largest absolute Gasteiger partial charge is 0.495 e. The molecule has 29 heavy (non-hydrogen) atoms. The smallest absolute Gasteiger partial charge is 0.265 e. The summed E-state index contributed by atoms with van der Waals surface area (Å²) in [5.41, 5.74) is 0.649. The summed E-state index contributed by atoms with van der Waals surface area (Å²) >= 11 is 3.31. The normalized spacial score (nSPS) is 16.4. The second kappa shape index (κ2) is 9.60. The Balaban J connectivity index is 1.74. The van der Waals surface area contributed by atoms with E-state index in [9.17, 15) is 13.2 Å². The molecule has 9 heteroatoms. The van der Waals surface area contributed by atoms with Crippen LogP contribution < -0.4 is 14.8 Å². The van der Waals surface area contributed by atoms with E-state index in [0.29, 0.717) is 12.2 Å². The van der Waals surface area contributed by atoms with Crippen LogP contribution in [0.2, 0.25) is 0 Å². The van der Waals surface area contributed by atoms with E-state index in [0.717, 1.165) is 30.3 Å². The Morgan fingerprint density at radius 1 is 1.24 bits per heavy atom. The number of carbonyl (C=O) groups excluding carboxylic acids is 1. The van der Waals surface area contributed by atoms with Gasteiger partial charge in [-0.05, 0) is 61.7 Å². The Labute approximate surface area is 179 Å². The number of nitrogens with one attached hydrogen (secondary N) is 2. The number of carbonyl (C=O) groups is 1. The van der Waals surface area contributed by atoms with Crippen molar-refractivity contribution in [1.29, 1.82) is 0 Å². The average molecular weight is 483 g/mol. The number of benzene rings is 2. The van der Waals surface area contributed by atoms with E-state index in [1.54, 1.807) is 30.3 Å². The van der Waals surface area contributed by atoms with Crippen molar-refractivity contribution >= 4 is 37.5 Å². The van der Waals surface area contributed by atoms with E-state index in [2.05, 4.69) is 26.0 Å². The van der Waals surface area contributed by atoms with E-state index in [1.807, 2.05) is 0 Å². The quantitative estimate of drug-likeness (QED) is 0.599. The number of methoxy groups -OCH3 is 1. The van der Waals surface area contributed by atoms with Gasteiger partial charge in [0, 0.05) is 28.9 Å². The molecule has 1 aliphatic rings. The molecular formula is C20H23BrN2O5S. The molecule has 0 bridgehead atoms. The molecule has 1 heterocycles. The van der Waals surface area contributed by atoms with Gasteiger partial charge in [0.1, 0.15) is 10.6 Å². The Bertz CT molecular complexity index is 957. The molecule has 3 rings (SSSR count). The van der Waals surface area contributed by atoms with Crippen LogP contribution in [0.1, 0.15) is 29.6 Å². The van der Waals surface area contributed by atoms with Crippen molar-refractivity contribution in [2.75, 3.05) is 25.0 Å². The average Bonchev–Trinajstić information content (AvgIpc) is 3.22. The molecule has 1 saturated heterocycles. The highest BCUT2D eigenvalue weighted by atomic mass is 79.9. The van der Waals surface area contributed by atoms with Gasteiger partial charge in [0.2, 0.25) is 0 Å². The minimum Gasteiger partial charge on any atom is -0.495 e. The van der Waals surface area contributed by atoms with E-state index >= 15 is 0 Å². The van der Waals surface area contributed by atoms with Gasteiger partial charge in [0.05, 0.1) is 13.2 Å². The van der Waals surface area contributed by atoms with E-state index in [-0.39, 0.29) is 28.2 Å². The zero-order valence-corrected chi connectivity index (χ0v) is 18.4. The molecule has 0 spiro atoms. The predicted octanol–water partition coefficient (Wildman–Crippen LogP) is 3.56. The van der Waals surface area contributed by atoms with E-state index in [1.165, 1.54) is 19.2 Å². The molecule has 1 fully saturated rings. The van der Waals surface area contributed by atoms with Crippen LogP contribution in [-0.2, 0) is 14.8 Å². The molecule has 0 saturated carbocycles. The second-order valence-corrected chi connectivity index (χ2v) is 9.22. The van der Waals surface area contributed by atoms with Gasteiger partial charge in [-0.1, -0.05) is 15.9 Å². The van der Waals surface area contributed by atoms with Gasteiger partial charge in [-0.15, -0.1) is 0 Å². The first kappa shape index (κ1) is 21.6. The third-order valence-electron chi connectivity index (χ3n) is 4.59. The molecule has 156 valence electrons. The highest BCUT2D eigenvalue weighted by Gasteiger charge is 2.22. The van der Waals surface area contributed by atoms with Crippen LogP contribution in [0.3, 0.4) is 0 Å². The molecule has 1 atom stereocenters. The second-order valence-electron chi connectivity index (χ2n) is 6.66. The number of anilines is 1. The van der Waals surface area contributed by atoms with Crippen LogP contribution >= 0.6 is 15.9 Å². The van der Waals surface area contributed by atoms with Crippen molar-refractivity contribution < 1.29 is 22.7 Å². The van der Waals surface area contributed by atoms with Crippen molar-refractivity contribution in [2.24, 2.45) is 0 Å². The molecule has 0 aliphatic carbocycles. The van der Waals surface area contributed by atoms with Gasteiger partial charge in [0.15, 0.2) is 0 Å². The Morgan fingerprint density at radius 3 is 2.66 bits per heavy atom. The predicted molar refractivity (Wildman–Crippen MR) is 114 cm³/mol. The van der Waals surface area contributed by atoms with E-state index < -0.39 is 10.0 Å². The van der Waals surface area contributed by atoms with Crippen molar-refractivity contribution in [1.82, 2.24) is 5.32 Å². The van der Waals surface area contributed by atoms with Gasteiger partial charge in [-0.25, -0.2) is 8.42 Å². The molecule has 2 aromatic rings. The molecule has 2 N–H and O–H groups in total. The third-order valence-corrected chi connectivity index (χ3v) is 6.52. The Kier molecular flexibility index (Phi) is 7.15. The maximum atomic E-state index is 12.9. The van der Waals surface area contributed by atoms with Gasteiger partial charge >= 0.3 is 0 Å². The minimum atomic E-state index is -3.95. The maximum absolute atomic E-state index is 12.9. The summed E-state index contributed by atoms with van der Waals surface area (Å²) in [4.78, 5) is 12.4. The summed E-state index contributed by atoms with van der Waals surface area (Å²) in [5, 5.41) is 2.82. The lowest BCUT2D eigenvalue weighted by Crippen LogP contribution is -2.27. The van der Waals surface area contributed by atoms with Crippen molar-refractivity contribution in [3.63, 3.8) is 0 Å². The van der Waals surface area contributed by atoms with Crippen LogP contribution in [-0.4, -0.2) is 40.7 Å². The molecule has 2 aromatic carbocycles. The summed E-state index contributed by atoms with van der Waals surface area (Å²) in [6.45, 7) is 1.23. The summed E-state index contributed by atoms with van der Waals surface area (Å²) in [6.07, 6.45) is 2.96. The number of rotatable bonds is 8. The minimum absolute atomic E-state index is 0.102. The van der Waals surface area contributed by atoms with Crippen molar-refractivity contribution in [3.8, 4) is 5.75 Å². The fourth-order valence-electron chi connectivity index (χ4n) is 3.08. The Morgan fingerprint density at radius 2 is 2.00 bits per heavy atom. The highest BCUT2D eigenvalue weighted by Crippen LogP contribution is 2.27. The number of ether oxygens (including phenoxy) is 2. The topological polar surface area (TPSA) is 93.7 Å². The number of hydrogen-bond donors (Lipinski definition) is 2. The van der Waals surface area contributed by atoms with E-state index in [4.69, 9.17) is 9.47 Å². The molecular weight excluding hydrogens is 460 g/mol. The zero-order valence-electron chi connectivity index (χ0n) is 16.0. The van der Waals surface area contributed by atoms with Crippen LogP contribution in [0.15, 0.2) is 51.8 Å². The summed E-state index contributed by atoms with van der Waals surface area (Å²) < 4.78 is 39.8. The van der Waals surface area contributed by atoms with Gasteiger partial charge < -0.3 is 14.8 Å². The molecule has 1 aliphatic heterocycles. The number of amides is 1. The third kappa shape index (κ3) is 5.71. The maximum Gasteiger partial charge on any atom is 0.265 e. The van der Waals surface area contributed by atoms with Crippen LogP contribution in [0.5, 0.6) is 5.75 Å². The Hall–Kier alpha value is -2.10.